The molecule has 5 nitrogen and oxygen atoms in total. The molecule has 19 heavy (non-hydrogen) atoms. The smallest absolute Gasteiger partial charge is 0.296 e. The fourth-order valence-electron chi connectivity index (χ4n) is 1.53. The van der Waals surface area contributed by atoms with Crippen molar-refractivity contribution in [3.63, 3.8) is 0 Å². The molecule has 1 unspecified atom stereocenters. The van der Waals surface area contributed by atoms with Gasteiger partial charge in [0, 0.05) is 5.56 Å². The Balaban J connectivity index is 2.25. The van der Waals surface area contributed by atoms with Gasteiger partial charge in [-0.1, -0.05) is 30.3 Å². The average molecular weight is 280 g/mol. The number of ether oxygens (including phenoxy) is 1. The van der Waals surface area contributed by atoms with Crippen LogP contribution in [0.1, 0.15) is 11.0 Å². The highest BCUT2D eigenvalue weighted by molar-refractivity contribution is 7.85. The lowest BCUT2D eigenvalue weighted by Crippen LogP contribution is -2.11. The lowest BCUT2D eigenvalue weighted by Gasteiger charge is -2.10. The Hall–Kier alpha value is -1.89. The molecular formula is C13H12O5S. The van der Waals surface area contributed by atoms with Gasteiger partial charge in [0.15, 0.2) is 0 Å². The first kappa shape index (κ1) is 13.5. The van der Waals surface area contributed by atoms with Gasteiger partial charge in [-0.05, 0) is 24.3 Å². The van der Waals surface area contributed by atoms with Crippen molar-refractivity contribution in [3.8, 4) is 11.5 Å². The summed E-state index contributed by atoms with van der Waals surface area (Å²) >= 11 is 0. The zero-order valence-electron chi connectivity index (χ0n) is 9.80. The minimum absolute atomic E-state index is 0.0379. The molecule has 0 bridgehead atoms. The molecule has 2 aromatic rings. The summed E-state index contributed by atoms with van der Waals surface area (Å²) in [5.74, 6) is 0.951. The molecule has 2 rings (SSSR count). The molecule has 0 spiro atoms. The van der Waals surface area contributed by atoms with Crippen LogP contribution in [0, 0.1) is 0 Å². The summed E-state index contributed by atoms with van der Waals surface area (Å²) < 4.78 is 36.0. The van der Waals surface area contributed by atoms with E-state index >= 15 is 0 Å². The van der Waals surface area contributed by atoms with Crippen molar-refractivity contribution in [3.05, 3.63) is 60.2 Å². The van der Waals surface area contributed by atoms with E-state index in [1.165, 1.54) is 18.2 Å². The summed E-state index contributed by atoms with van der Waals surface area (Å²) in [6.45, 7) is 0. The molecule has 2 aromatic carbocycles. The fourth-order valence-corrected chi connectivity index (χ4v) is 2.02. The lowest BCUT2D eigenvalue weighted by atomic mass is 10.2. The number of hydrogen-bond acceptors (Lipinski definition) is 4. The summed E-state index contributed by atoms with van der Waals surface area (Å²) in [5.41, 5.74) is -1.94. The van der Waals surface area contributed by atoms with Crippen LogP contribution in [0.15, 0.2) is 54.6 Å². The number of benzene rings is 2. The Morgan fingerprint density at radius 1 is 0.947 bits per heavy atom. The van der Waals surface area contributed by atoms with Gasteiger partial charge in [0.25, 0.3) is 10.1 Å². The molecule has 0 aliphatic carbocycles. The van der Waals surface area contributed by atoms with Crippen LogP contribution in [0.2, 0.25) is 0 Å². The van der Waals surface area contributed by atoms with Crippen LogP contribution >= 0.6 is 0 Å². The minimum atomic E-state index is -4.55. The van der Waals surface area contributed by atoms with E-state index in [9.17, 15) is 13.5 Å². The van der Waals surface area contributed by atoms with Gasteiger partial charge < -0.3 is 9.84 Å². The van der Waals surface area contributed by atoms with Gasteiger partial charge in [-0.2, -0.15) is 8.42 Å². The Morgan fingerprint density at radius 3 is 2.21 bits per heavy atom. The summed E-state index contributed by atoms with van der Waals surface area (Å²) in [7, 11) is -4.55. The van der Waals surface area contributed by atoms with Crippen molar-refractivity contribution in [2.45, 2.75) is 5.44 Å². The maximum absolute atomic E-state index is 10.9. The molecule has 100 valence electrons. The van der Waals surface area contributed by atoms with Gasteiger partial charge >= 0.3 is 0 Å². The first-order chi connectivity index (χ1) is 8.97. The summed E-state index contributed by atoms with van der Waals surface area (Å²) in [4.78, 5) is 0. The Morgan fingerprint density at radius 2 is 1.58 bits per heavy atom. The van der Waals surface area contributed by atoms with Crippen LogP contribution in [0.4, 0.5) is 0 Å². The predicted octanol–water partition coefficient (Wildman–Crippen LogP) is 2.36. The second kappa shape index (κ2) is 5.40. The highest BCUT2D eigenvalue weighted by Crippen LogP contribution is 2.26. The Bertz CT molecular complexity index is 652. The van der Waals surface area contributed by atoms with Gasteiger partial charge in [-0.3, -0.25) is 4.55 Å². The van der Waals surface area contributed by atoms with Gasteiger partial charge in [0.2, 0.25) is 5.44 Å². The van der Waals surface area contributed by atoms with E-state index in [1.807, 2.05) is 6.07 Å². The molecule has 0 fully saturated rings. The maximum Gasteiger partial charge on any atom is 0.296 e. The molecule has 0 aliphatic rings. The van der Waals surface area contributed by atoms with Crippen LogP contribution < -0.4 is 4.74 Å². The third-order valence-electron chi connectivity index (χ3n) is 2.40. The van der Waals surface area contributed by atoms with E-state index < -0.39 is 15.6 Å². The number of aliphatic hydroxyl groups is 1. The van der Waals surface area contributed by atoms with Crippen molar-refractivity contribution < 1.29 is 22.8 Å². The maximum atomic E-state index is 10.9. The summed E-state index contributed by atoms with van der Waals surface area (Å²) in [6, 6.07) is 14.8. The van der Waals surface area contributed by atoms with Gasteiger partial charge in [0.1, 0.15) is 11.5 Å². The number of aliphatic hydroxyl groups excluding tert-OH is 1. The van der Waals surface area contributed by atoms with E-state index in [2.05, 4.69) is 0 Å². The molecule has 0 heterocycles. The first-order valence-corrected chi connectivity index (χ1v) is 6.94. The molecule has 0 amide bonds. The van der Waals surface area contributed by atoms with Crippen molar-refractivity contribution in [1.82, 2.24) is 0 Å². The normalized spacial score (nSPS) is 12.9. The Labute approximate surface area is 110 Å². The molecule has 0 aromatic heterocycles. The van der Waals surface area contributed by atoms with Crippen molar-refractivity contribution in [2.24, 2.45) is 0 Å². The van der Waals surface area contributed by atoms with Crippen LogP contribution in [0.3, 0.4) is 0 Å². The molecule has 2 N–H and O–H groups in total. The number of hydrogen-bond donors (Lipinski definition) is 2. The molecule has 0 radical (unpaired) electrons. The SMILES string of the molecule is O=S(=O)(O)C(O)c1cccc(Oc2ccccc2)c1. The number of para-hydroxylation sites is 1. The number of rotatable bonds is 4. The monoisotopic (exact) mass is 280 g/mol. The molecule has 0 saturated carbocycles. The molecular weight excluding hydrogens is 268 g/mol. The minimum Gasteiger partial charge on any atom is -0.457 e. The predicted molar refractivity (Wildman–Crippen MR) is 69.5 cm³/mol. The average Bonchev–Trinajstić information content (AvgIpc) is 2.38. The zero-order chi connectivity index (χ0) is 13.9. The zero-order valence-corrected chi connectivity index (χ0v) is 10.6. The highest BCUT2D eigenvalue weighted by Gasteiger charge is 2.22. The third kappa shape index (κ3) is 3.54. The fraction of sp³-hybridized carbons (Fsp3) is 0.0769. The summed E-state index contributed by atoms with van der Waals surface area (Å²) in [5, 5.41) is 9.45. The Kier molecular flexibility index (Phi) is 3.84. The lowest BCUT2D eigenvalue weighted by molar-refractivity contribution is 0.238. The van der Waals surface area contributed by atoms with Crippen LogP contribution in [-0.2, 0) is 10.1 Å². The second-order valence-electron chi connectivity index (χ2n) is 3.85. The quantitative estimate of drug-likeness (QED) is 0.840. The van der Waals surface area contributed by atoms with E-state index in [-0.39, 0.29) is 5.56 Å². The second-order valence-corrected chi connectivity index (χ2v) is 5.33. The largest absolute Gasteiger partial charge is 0.457 e. The van der Waals surface area contributed by atoms with Crippen molar-refractivity contribution >= 4 is 10.1 Å². The van der Waals surface area contributed by atoms with E-state index in [1.54, 1.807) is 30.3 Å². The van der Waals surface area contributed by atoms with Gasteiger partial charge in [-0.15, -0.1) is 0 Å². The van der Waals surface area contributed by atoms with Crippen LogP contribution in [0.25, 0.3) is 0 Å². The van der Waals surface area contributed by atoms with Gasteiger partial charge in [-0.25, -0.2) is 0 Å². The standard InChI is InChI=1S/C13H12O5S/c14-13(19(15,16)17)10-5-4-8-12(9-10)18-11-6-2-1-3-7-11/h1-9,13-14H,(H,15,16,17). The van der Waals surface area contributed by atoms with Crippen molar-refractivity contribution in [1.29, 1.82) is 0 Å². The first-order valence-electron chi connectivity index (χ1n) is 5.44. The highest BCUT2D eigenvalue weighted by atomic mass is 32.2. The summed E-state index contributed by atoms with van der Waals surface area (Å²) in [6.07, 6.45) is 0. The van der Waals surface area contributed by atoms with Crippen molar-refractivity contribution in [2.75, 3.05) is 0 Å². The topological polar surface area (TPSA) is 83.8 Å². The molecule has 0 saturated heterocycles. The van der Waals surface area contributed by atoms with E-state index in [0.717, 1.165) is 0 Å². The van der Waals surface area contributed by atoms with Gasteiger partial charge in [0.05, 0.1) is 0 Å². The van der Waals surface area contributed by atoms with Crippen LogP contribution in [-0.4, -0.2) is 18.1 Å². The van der Waals surface area contributed by atoms with E-state index in [4.69, 9.17) is 9.29 Å². The van der Waals surface area contributed by atoms with Crippen LogP contribution in [0.5, 0.6) is 11.5 Å². The third-order valence-corrected chi connectivity index (χ3v) is 3.24. The molecule has 0 aliphatic heterocycles. The molecule has 1 atom stereocenters. The molecule has 6 heteroatoms. The van der Waals surface area contributed by atoms with E-state index in [0.29, 0.717) is 11.5 Å².